The number of aromatic amines is 1. The van der Waals surface area contributed by atoms with Crippen molar-refractivity contribution < 1.29 is 18.8 Å². The van der Waals surface area contributed by atoms with Crippen LogP contribution in [-0.2, 0) is 16.0 Å². The third kappa shape index (κ3) is 4.75. The van der Waals surface area contributed by atoms with E-state index in [1.807, 2.05) is 39.8 Å². The van der Waals surface area contributed by atoms with E-state index >= 15 is 0 Å². The second kappa shape index (κ2) is 9.34. The van der Waals surface area contributed by atoms with Gasteiger partial charge < -0.3 is 19.0 Å². The van der Waals surface area contributed by atoms with Gasteiger partial charge in [-0.05, 0) is 70.4 Å². The van der Waals surface area contributed by atoms with E-state index in [0.29, 0.717) is 34.6 Å². The first-order valence-corrected chi connectivity index (χ1v) is 12.2. The van der Waals surface area contributed by atoms with Crippen LogP contribution in [0.4, 0.5) is 0 Å². The van der Waals surface area contributed by atoms with Crippen LogP contribution in [0.1, 0.15) is 57.7 Å². The zero-order valence-corrected chi connectivity index (χ0v) is 20.8. The number of halogens is 1. The van der Waals surface area contributed by atoms with Crippen LogP contribution >= 0.6 is 11.6 Å². The van der Waals surface area contributed by atoms with E-state index in [9.17, 15) is 4.79 Å². The lowest BCUT2D eigenvalue weighted by atomic mass is 10.0. The lowest BCUT2D eigenvalue weighted by Gasteiger charge is -2.12. The van der Waals surface area contributed by atoms with Gasteiger partial charge in [0, 0.05) is 34.3 Å². The highest BCUT2D eigenvalue weighted by molar-refractivity contribution is 6.32. The van der Waals surface area contributed by atoms with Crippen molar-refractivity contribution in [2.24, 2.45) is 0 Å². The Labute approximate surface area is 208 Å². The molecule has 182 valence electrons. The van der Waals surface area contributed by atoms with Crippen molar-refractivity contribution in [3.8, 4) is 28.7 Å². The van der Waals surface area contributed by atoms with Crippen LogP contribution in [0.3, 0.4) is 0 Å². The number of rotatable bonds is 7. The summed E-state index contributed by atoms with van der Waals surface area (Å²) < 4.78 is 16.4. The van der Waals surface area contributed by atoms with Gasteiger partial charge in [-0.1, -0.05) is 16.8 Å². The lowest BCUT2D eigenvalue weighted by Crippen LogP contribution is -2.14. The molecule has 9 heteroatoms. The third-order valence-electron chi connectivity index (χ3n) is 5.96. The molecule has 4 aromatic rings. The van der Waals surface area contributed by atoms with E-state index in [4.69, 9.17) is 25.6 Å². The Bertz CT molecular complexity index is 1390. The Morgan fingerprint density at radius 3 is 2.77 bits per heavy atom. The van der Waals surface area contributed by atoms with Crippen LogP contribution in [0.5, 0.6) is 5.88 Å². The molecule has 1 unspecified atom stereocenters. The first kappa shape index (κ1) is 23.4. The molecule has 0 fully saturated rings. The number of nitrogens with one attached hydrogen (secondary N) is 1. The van der Waals surface area contributed by atoms with Gasteiger partial charge in [-0.2, -0.15) is 4.98 Å². The number of ether oxygens (including phenoxy) is 2. The monoisotopic (exact) mass is 494 g/mol. The fourth-order valence-electron chi connectivity index (χ4n) is 4.51. The van der Waals surface area contributed by atoms with Crippen molar-refractivity contribution in [2.75, 3.05) is 0 Å². The molecule has 35 heavy (non-hydrogen) atoms. The number of fused-ring (bicyclic) bond motifs is 3. The average Bonchev–Trinajstić information content (AvgIpc) is 3.50. The maximum Gasteiger partial charge on any atom is 0.306 e. The lowest BCUT2D eigenvalue weighted by molar-refractivity contribution is -0.147. The predicted molar refractivity (Wildman–Crippen MR) is 133 cm³/mol. The van der Waals surface area contributed by atoms with Gasteiger partial charge in [0.1, 0.15) is 5.02 Å². The van der Waals surface area contributed by atoms with E-state index in [2.05, 4.69) is 26.2 Å². The molecule has 1 N–H and O–H groups in total. The second-order valence-electron chi connectivity index (χ2n) is 9.36. The van der Waals surface area contributed by atoms with Crippen LogP contribution in [0.2, 0.25) is 5.02 Å². The number of H-pyrrole nitrogens is 1. The summed E-state index contributed by atoms with van der Waals surface area (Å²) in [7, 11) is 0. The van der Waals surface area contributed by atoms with E-state index in [1.165, 1.54) is 5.56 Å². The molecule has 0 radical (unpaired) electrons. The van der Waals surface area contributed by atoms with Crippen molar-refractivity contribution in [1.82, 2.24) is 20.1 Å². The highest BCUT2D eigenvalue weighted by atomic mass is 35.5. The number of nitrogens with zero attached hydrogens (tertiary/aromatic N) is 3. The summed E-state index contributed by atoms with van der Waals surface area (Å²) in [6.07, 6.45) is 3.68. The topological polar surface area (TPSA) is 103 Å². The Kier molecular flexibility index (Phi) is 6.23. The fourth-order valence-corrected chi connectivity index (χ4v) is 4.73. The van der Waals surface area contributed by atoms with E-state index in [-0.39, 0.29) is 24.1 Å². The van der Waals surface area contributed by atoms with Gasteiger partial charge in [-0.3, -0.25) is 4.79 Å². The van der Waals surface area contributed by atoms with Crippen LogP contribution in [-0.4, -0.2) is 38.3 Å². The zero-order chi connectivity index (χ0) is 24.7. The molecule has 5 rings (SSSR count). The predicted octanol–water partition coefficient (Wildman–Crippen LogP) is 6.09. The molecule has 1 atom stereocenters. The van der Waals surface area contributed by atoms with Crippen molar-refractivity contribution in [2.45, 2.75) is 65.1 Å². The molecular formula is C26H27ClN4O4. The molecule has 0 saturated carbocycles. The molecule has 1 aliphatic carbocycles. The molecule has 3 heterocycles. The summed E-state index contributed by atoms with van der Waals surface area (Å²) in [6, 6.07) is 7.74. The van der Waals surface area contributed by atoms with Gasteiger partial charge >= 0.3 is 5.97 Å². The quantitative estimate of drug-likeness (QED) is 0.310. The van der Waals surface area contributed by atoms with Crippen molar-refractivity contribution in [3.63, 3.8) is 0 Å². The number of esters is 1. The maximum atomic E-state index is 12.2. The first-order chi connectivity index (χ1) is 16.8. The van der Waals surface area contributed by atoms with Gasteiger partial charge in [0.05, 0.1) is 24.2 Å². The SMILES string of the molecule is CC(C)OC(=O)CC1CCc2c1[nH]c1ccc(-c3noc(-c4cnc(OC(C)C)c(Cl)c4)n3)cc21. The van der Waals surface area contributed by atoms with E-state index in [1.54, 1.807) is 12.3 Å². The van der Waals surface area contributed by atoms with Gasteiger partial charge in [-0.15, -0.1) is 0 Å². The minimum atomic E-state index is -0.157. The minimum Gasteiger partial charge on any atom is -0.474 e. The number of aromatic nitrogens is 4. The summed E-state index contributed by atoms with van der Waals surface area (Å²) in [5.74, 6) is 1.16. The number of hydrogen-bond donors (Lipinski definition) is 1. The highest BCUT2D eigenvalue weighted by Gasteiger charge is 2.29. The minimum absolute atomic E-state index is 0.0326. The largest absolute Gasteiger partial charge is 0.474 e. The summed E-state index contributed by atoms with van der Waals surface area (Å²) in [5.41, 5.74) is 4.85. The molecule has 8 nitrogen and oxygen atoms in total. The van der Waals surface area contributed by atoms with E-state index in [0.717, 1.165) is 35.0 Å². The van der Waals surface area contributed by atoms with Crippen molar-refractivity contribution in [3.05, 3.63) is 46.7 Å². The molecular weight excluding hydrogens is 468 g/mol. The molecule has 0 amide bonds. The number of carbonyl (C=O) groups excluding carboxylic acids is 1. The van der Waals surface area contributed by atoms with Gasteiger partial charge in [-0.25, -0.2) is 4.98 Å². The second-order valence-corrected chi connectivity index (χ2v) is 9.76. The summed E-state index contributed by atoms with van der Waals surface area (Å²) >= 11 is 6.31. The summed E-state index contributed by atoms with van der Waals surface area (Å²) in [4.78, 5) is 24.5. The molecule has 1 aromatic carbocycles. The average molecular weight is 495 g/mol. The highest BCUT2D eigenvalue weighted by Crippen LogP contribution is 2.40. The summed E-state index contributed by atoms with van der Waals surface area (Å²) in [5, 5.41) is 5.67. The number of hydrogen-bond acceptors (Lipinski definition) is 7. The van der Waals surface area contributed by atoms with Gasteiger partial charge in [0.25, 0.3) is 5.89 Å². The van der Waals surface area contributed by atoms with Crippen LogP contribution in [0, 0.1) is 0 Å². The van der Waals surface area contributed by atoms with Crippen LogP contribution in [0.25, 0.3) is 33.7 Å². The number of pyridine rings is 1. The number of aryl methyl sites for hydroxylation is 1. The molecule has 0 bridgehead atoms. The number of carbonyl (C=O) groups is 1. The zero-order valence-electron chi connectivity index (χ0n) is 20.1. The van der Waals surface area contributed by atoms with Gasteiger partial charge in [0.2, 0.25) is 11.7 Å². The maximum absolute atomic E-state index is 12.2. The Morgan fingerprint density at radius 1 is 1.20 bits per heavy atom. The normalized spacial score (nSPS) is 15.2. The van der Waals surface area contributed by atoms with Gasteiger partial charge in [0.15, 0.2) is 0 Å². The molecule has 0 aliphatic heterocycles. The Balaban J connectivity index is 1.39. The smallest absolute Gasteiger partial charge is 0.306 e. The molecule has 0 spiro atoms. The summed E-state index contributed by atoms with van der Waals surface area (Å²) in [6.45, 7) is 7.56. The molecule has 0 saturated heterocycles. The Hall–Kier alpha value is -3.39. The number of benzene rings is 1. The molecule has 1 aliphatic rings. The third-order valence-corrected chi connectivity index (χ3v) is 6.23. The van der Waals surface area contributed by atoms with Crippen molar-refractivity contribution >= 4 is 28.5 Å². The Morgan fingerprint density at radius 2 is 2.03 bits per heavy atom. The first-order valence-electron chi connectivity index (χ1n) is 11.8. The van der Waals surface area contributed by atoms with E-state index < -0.39 is 0 Å². The van der Waals surface area contributed by atoms with Crippen LogP contribution < -0.4 is 4.74 Å². The van der Waals surface area contributed by atoms with Crippen molar-refractivity contribution in [1.29, 1.82) is 0 Å². The molecule has 3 aromatic heterocycles. The standard InChI is InChI=1S/C26H27ClN4O4/c1-13(2)33-22(32)11-15-5-7-18-19-9-16(6-8-21(19)29-23(15)18)24-30-25(35-31-24)17-10-20(27)26(28-12-17)34-14(3)4/h6,8-10,12-15,29H,5,7,11H2,1-4H3. The fraction of sp³-hybridized carbons (Fsp3) is 0.385. The van der Waals surface area contributed by atoms with Crippen LogP contribution in [0.15, 0.2) is 35.0 Å².